The molecule has 0 fully saturated rings. The Morgan fingerprint density at radius 1 is 1.33 bits per heavy atom. The zero-order chi connectivity index (χ0) is 15.6. The van der Waals surface area contributed by atoms with Gasteiger partial charge in [0.15, 0.2) is 0 Å². The highest BCUT2D eigenvalue weighted by atomic mass is 19.4. The molecular formula is C13H10F4N2O2. The molecule has 8 heteroatoms. The second-order valence-corrected chi connectivity index (χ2v) is 4.30. The highest BCUT2D eigenvalue weighted by Crippen LogP contribution is 2.29. The molecule has 0 radical (unpaired) electrons. The summed E-state index contributed by atoms with van der Waals surface area (Å²) in [6.45, 7) is 1.66. The first-order valence-corrected chi connectivity index (χ1v) is 6.02. The largest absolute Gasteiger partial charge is 0.471 e. The average Bonchev–Trinajstić information content (AvgIpc) is 2.90. The summed E-state index contributed by atoms with van der Waals surface area (Å²) >= 11 is 0. The van der Waals surface area contributed by atoms with Crippen LogP contribution in [0.3, 0.4) is 0 Å². The van der Waals surface area contributed by atoms with Gasteiger partial charge in [-0.1, -0.05) is 24.2 Å². The average molecular weight is 302 g/mol. The molecule has 0 atom stereocenters. The number of halogens is 4. The summed E-state index contributed by atoms with van der Waals surface area (Å²) in [6.07, 6.45) is -4.54. The predicted molar refractivity (Wildman–Crippen MR) is 63.7 cm³/mol. The van der Waals surface area contributed by atoms with Gasteiger partial charge in [-0.05, 0) is 11.6 Å². The van der Waals surface area contributed by atoms with Crippen LogP contribution >= 0.6 is 0 Å². The maximum absolute atomic E-state index is 13.8. The summed E-state index contributed by atoms with van der Waals surface area (Å²) in [5.74, 6) is -2.70. The quantitative estimate of drug-likeness (QED) is 0.812. The van der Waals surface area contributed by atoms with Crippen LogP contribution in [-0.2, 0) is 17.4 Å². The molecule has 1 aromatic carbocycles. The van der Waals surface area contributed by atoms with Crippen molar-refractivity contribution in [3.05, 3.63) is 35.5 Å². The summed E-state index contributed by atoms with van der Waals surface area (Å²) in [7, 11) is 0. The van der Waals surface area contributed by atoms with Crippen LogP contribution in [0.1, 0.15) is 24.8 Å². The van der Waals surface area contributed by atoms with Gasteiger partial charge in [0.1, 0.15) is 11.6 Å². The molecule has 0 saturated heterocycles. The monoisotopic (exact) mass is 302 g/mol. The number of rotatable bonds is 4. The number of benzene rings is 1. The van der Waals surface area contributed by atoms with Crippen LogP contribution in [0.4, 0.5) is 17.6 Å². The smallest absolute Gasteiger partial charge is 0.329 e. The van der Waals surface area contributed by atoms with Gasteiger partial charge in [0, 0.05) is 18.4 Å². The predicted octanol–water partition coefficient (Wildman–Crippen LogP) is 3.42. The molecule has 0 amide bonds. The first kappa shape index (κ1) is 15.1. The lowest BCUT2D eigenvalue weighted by atomic mass is 10.0. The van der Waals surface area contributed by atoms with E-state index < -0.39 is 17.9 Å². The first-order valence-electron chi connectivity index (χ1n) is 6.02. The van der Waals surface area contributed by atoms with Crippen LogP contribution in [0.25, 0.3) is 11.4 Å². The van der Waals surface area contributed by atoms with E-state index in [0.29, 0.717) is 0 Å². The van der Waals surface area contributed by atoms with Gasteiger partial charge in [0.2, 0.25) is 5.82 Å². The van der Waals surface area contributed by atoms with E-state index >= 15 is 0 Å². The molecule has 0 aliphatic rings. The lowest BCUT2D eigenvalue weighted by Crippen LogP contribution is -2.05. The van der Waals surface area contributed by atoms with Crippen molar-refractivity contribution in [3.63, 3.8) is 0 Å². The van der Waals surface area contributed by atoms with Crippen molar-refractivity contribution in [2.45, 2.75) is 25.9 Å². The van der Waals surface area contributed by atoms with E-state index in [2.05, 4.69) is 14.7 Å². The fraction of sp³-hybridized carbons (Fsp3) is 0.308. The number of nitrogens with zero attached hydrogens (tertiary/aromatic N) is 2. The van der Waals surface area contributed by atoms with Crippen LogP contribution in [-0.4, -0.2) is 15.9 Å². The molecule has 0 aliphatic heterocycles. The summed E-state index contributed by atoms with van der Waals surface area (Å²) < 4.78 is 54.9. The molecule has 1 aromatic heterocycles. The lowest BCUT2D eigenvalue weighted by Gasteiger charge is -2.03. The molecule has 0 bridgehead atoms. The van der Waals surface area contributed by atoms with Crippen molar-refractivity contribution in [2.24, 2.45) is 0 Å². The first-order chi connectivity index (χ1) is 9.81. The number of alkyl halides is 3. The molecule has 112 valence electrons. The molecule has 0 aliphatic carbocycles. The molecule has 21 heavy (non-hydrogen) atoms. The number of carbonyl (C=O) groups excluding carboxylic acids is 1. The standard InChI is InChI=1S/C13H10F4N2O2/c1-2-9(20)5-7-3-4-8(6-10(7)14)11-18-12(21-19-11)13(15,16)17/h3-4,6H,2,5H2,1H3. The van der Waals surface area contributed by atoms with Gasteiger partial charge in [0.05, 0.1) is 0 Å². The number of hydrogen-bond acceptors (Lipinski definition) is 4. The number of ketones is 1. The van der Waals surface area contributed by atoms with Crippen LogP contribution < -0.4 is 0 Å². The number of aromatic nitrogens is 2. The van der Waals surface area contributed by atoms with E-state index in [9.17, 15) is 22.4 Å². The van der Waals surface area contributed by atoms with Crippen LogP contribution in [0.5, 0.6) is 0 Å². The third-order valence-corrected chi connectivity index (χ3v) is 2.76. The van der Waals surface area contributed by atoms with E-state index in [4.69, 9.17) is 0 Å². The molecular weight excluding hydrogens is 292 g/mol. The summed E-state index contributed by atoms with van der Waals surface area (Å²) in [6, 6.07) is 3.64. The second-order valence-electron chi connectivity index (χ2n) is 4.30. The van der Waals surface area contributed by atoms with Crippen LogP contribution in [0.2, 0.25) is 0 Å². The van der Waals surface area contributed by atoms with Crippen LogP contribution in [0.15, 0.2) is 22.7 Å². The third-order valence-electron chi connectivity index (χ3n) is 2.76. The van der Waals surface area contributed by atoms with Gasteiger partial charge in [-0.2, -0.15) is 18.2 Å². The van der Waals surface area contributed by atoms with Crippen molar-refractivity contribution < 1.29 is 26.9 Å². The van der Waals surface area contributed by atoms with E-state index in [0.717, 1.165) is 6.07 Å². The van der Waals surface area contributed by atoms with Gasteiger partial charge in [-0.15, -0.1) is 0 Å². The Morgan fingerprint density at radius 2 is 2.05 bits per heavy atom. The van der Waals surface area contributed by atoms with Gasteiger partial charge in [-0.25, -0.2) is 4.39 Å². The fourth-order valence-electron chi connectivity index (χ4n) is 1.62. The number of carbonyl (C=O) groups is 1. The topological polar surface area (TPSA) is 56.0 Å². The van der Waals surface area contributed by atoms with E-state index in [1.165, 1.54) is 12.1 Å². The van der Waals surface area contributed by atoms with Crippen molar-refractivity contribution in [1.29, 1.82) is 0 Å². The van der Waals surface area contributed by atoms with Gasteiger partial charge in [-0.3, -0.25) is 4.79 Å². The highest BCUT2D eigenvalue weighted by Gasteiger charge is 2.38. The van der Waals surface area contributed by atoms with Gasteiger partial charge in [0.25, 0.3) is 0 Å². The maximum atomic E-state index is 13.8. The molecule has 2 aromatic rings. The van der Waals surface area contributed by atoms with E-state index in [1.807, 2.05) is 0 Å². The zero-order valence-corrected chi connectivity index (χ0v) is 10.9. The summed E-state index contributed by atoms with van der Waals surface area (Å²) in [4.78, 5) is 14.4. The SMILES string of the molecule is CCC(=O)Cc1ccc(-c2noc(C(F)(F)F)n2)cc1F. The number of hydrogen-bond donors (Lipinski definition) is 0. The van der Waals surface area contributed by atoms with E-state index in [-0.39, 0.29) is 35.6 Å². The Balaban J connectivity index is 2.28. The molecule has 0 unspecified atom stereocenters. The molecule has 2 rings (SSSR count). The lowest BCUT2D eigenvalue weighted by molar-refractivity contribution is -0.159. The van der Waals surface area contributed by atoms with Crippen molar-refractivity contribution >= 4 is 5.78 Å². The Bertz CT molecular complexity index is 664. The minimum absolute atomic E-state index is 0.0412. The maximum Gasteiger partial charge on any atom is 0.471 e. The van der Waals surface area contributed by atoms with Gasteiger partial charge >= 0.3 is 12.1 Å². The molecule has 0 spiro atoms. The zero-order valence-electron chi connectivity index (χ0n) is 10.9. The van der Waals surface area contributed by atoms with Crippen molar-refractivity contribution in [1.82, 2.24) is 10.1 Å². The Hall–Kier alpha value is -2.25. The van der Waals surface area contributed by atoms with Crippen molar-refractivity contribution in [3.8, 4) is 11.4 Å². The van der Waals surface area contributed by atoms with E-state index in [1.54, 1.807) is 6.92 Å². The summed E-state index contributed by atoms with van der Waals surface area (Å²) in [5.41, 5.74) is 0.213. The van der Waals surface area contributed by atoms with Crippen LogP contribution in [0, 0.1) is 5.82 Å². The molecule has 0 N–H and O–H groups in total. The van der Waals surface area contributed by atoms with Gasteiger partial charge < -0.3 is 4.52 Å². The second kappa shape index (κ2) is 5.63. The Morgan fingerprint density at radius 3 is 2.57 bits per heavy atom. The fourth-order valence-corrected chi connectivity index (χ4v) is 1.62. The molecule has 1 heterocycles. The van der Waals surface area contributed by atoms with Crippen molar-refractivity contribution in [2.75, 3.05) is 0 Å². The highest BCUT2D eigenvalue weighted by molar-refractivity contribution is 5.80. The molecule has 4 nitrogen and oxygen atoms in total. The minimum Gasteiger partial charge on any atom is -0.329 e. The normalized spacial score (nSPS) is 11.7. The Labute approximate surface area is 116 Å². The molecule has 0 saturated carbocycles. The minimum atomic E-state index is -4.75. The third kappa shape index (κ3) is 3.45. The Kier molecular flexibility index (Phi) is 4.06. The summed E-state index contributed by atoms with van der Waals surface area (Å²) in [5, 5.41) is 3.16. The number of Topliss-reactive ketones (excluding diaryl/α,β-unsaturated/α-hetero) is 1.